The molecule has 184 valence electrons. The number of rotatable bonds is 7. The molecule has 0 radical (unpaired) electrons. The summed E-state index contributed by atoms with van der Waals surface area (Å²) < 4.78 is 10.6. The fraction of sp³-hybridized carbons (Fsp3) is 0.240. The average Bonchev–Trinajstić information content (AvgIpc) is 2.80. The van der Waals surface area contributed by atoms with Crippen molar-refractivity contribution in [2.45, 2.75) is 37.4 Å². The molecule has 0 saturated heterocycles. The van der Waals surface area contributed by atoms with Gasteiger partial charge in [-0.05, 0) is 66.8 Å². The third-order valence-corrected chi connectivity index (χ3v) is 5.46. The number of aromatic hydroxyl groups is 4. The molecule has 0 unspecified atom stereocenters. The van der Waals surface area contributed by atoms with Crippen molar-refractivity contribution in [3.05, 3.63) is 59.7 Å². The predicted molar refractivity (Wildman–Crippen MR) is 122 cm³/mol. The van der Waals surface area contributed by atoms with E-state index in [1.54, 1.807) is 0 Å². The van der Waals surface area contributed by atoms with Gasteiger partial charge in [0, 0.05) is 18.6 Å². The number of phenolic OH excluding ortho intramolecular Hbond substituents is 4. The van der Waals surface area contributed by atoms with Crippen LogP contribution in [0.3, 0.4) is 0 Å². The molecule has 1 fully saturated rings. The maximum atomic E-state index is 12.3. The highest BCUT2D eigenvalue weighted by Gasteiger charge is 2.47. The minimum absolute atomic E-state index is 0.0403. The quantitative estimate of drug-likeness (QED) is 0.223. The van der Waals surface area contributed by atoms with Gasteiger partial charge in [-0.25, -0.2) is 14.4 Å². The summed E-state index contributed by atoms with van der Waals surface area (Å²) >= 11 is 0. The minimum Gasteiger partial charge on any atom is -0.504 e. The van der Waals surface area contributed by atoms with Gasteiger partial charge in [0.25, 0.3) is 0 Å². The van der Waals surface area contributed by atoms with E-state index in [0.717, 1.165) is 12.2 Å². The molecular weight excluding hydrogens is 460 g/mol. The molecule has 0 aliphatic heterocycles. The van der Waals surface area contributed by atoms with Gasteiger partial charge in [-0.1, -0.05) is 12.1 Å². The second-order valence-electron chi connectivity index (χ2n) is 8.04. The normalized spacial score (nSPS) is 20.1. The Morgan fingerprint density at radius 3 is 1.89 bits per heavy atom. The van der Waals surface area contributed by atoms with Gasteiger partial charge in [-0.3, -0.25) is 0 Å². The van der Waals surface area contributed by atoms with Crippen molar-refractivity contribution in [3.8, 4) is 23.0 Å². The van der Waals surface area contributed by atoms with E-state index >= 15 is 0 Å². The number of hydrogen-bond acceptors (Lipinski definition) is 9. The highest BCUT2D eigenvalue weighted by atomic mass is 16.6. The number of aliphatic carboxylic acids is 1. The van der Waals surface area contributed by atoms with Crippen molar-refractivity contribution >= 4 is 30.1 Å². The van der Waals surface area contributed by atoms with Crippen LogP contribution in [0.25, 0.3) is 12.2 Å². The van der Waals surface area contributed by atoms with Crippen LogP contribution in [0.2, 0.25) is 0 Å². The number of carbonyl (C=O) groups is 3. The molecule has 2 aromatic rings. The smallest absolute Gasteiger partial charge is 0.348 e. The zero-order valence-electron chi connectivity index (χ0n) is 18.5. The number of ether oxygens (including phenoxy) is 2. The summed E-state index contributed by atoms with van der Waals surface area (Å²) in [7, 11) is 0. The molecule has 3 rings (SSSR count). The molecule has 10 heteroatoms. The zero-order valence-corrected chi connectivity index (χ0v) is 18.5. The first kappa shape index (κ1) is 25.2. The van der Waals surface area contributed by atoms with Crippen LogP contribution >= 0.6 is 0 Å². The molecule has 2 atom stereocenters. The molecule has 1 aliphatic carbocycles. The van der Waals surface area contributed by atoms with E-state index in [4.69, 9.17) is 9.47 Å². The Morgan fingerprint density at radius 1 is 0.829 bits per heavy atom. The van der Waals surface area contributed by atoms with E-state index in [9.17, 15) is 39.9 Å². The summed E-state index contributed by atoms with van der Waals surface area (Å²) in [5, 5.41) is 47.5. The Morgan fingerprint density at radius 2 is 1.37 bits per heavy atom. The summed E-state index contributed by atoms with van der Waals surface area (Å²) in [5.41, 5.74) is -1.07. The van der Waals surface area contributed by atoms with Gasteiger partial charge in [-0.15, -0.1) is 0 Å². The SMILES string of the molecule is O=C(/C=C/c1ccc(O)c(O)c1)O[C@H]1CCC[C@@](OC(=O)/C=C/c2ccc(O)c(O)c2)(C(=O)O)C1. The van der Waals surface area contributed by atoms with Crippen LogP contribution in [-0.4, -0.2) is 55.1 Å². The van der Waals surface area contributed by atoms with Crippen molar-refractivity contribution in [3.63, 3.8) is 0 Å². The third kappa shape index (κ3) is 6.53. The van der Waals surface area contributed by atoms with Gasteiger partial charge in [0.2, 0.25) is 5.60 Å². The first-order valence-electron chi connectivity index (χ1n) is 10.6. The number of carbonyl (C=O) groups excluding carboxylic acids is 2. The van der Waals surface area contributed by atoms with Crippen LogP contribution in [0.15, 0.2) is 48.6 Å². The number of benzene rings is 2. The molecule has 35 heavy (non-hydrogen) atoms. The minimum atomic E-state index is -1.88. The van der Waals surface area contributed by atoms with E-state index in [-0.39, 0.29) is 35.8 Å². The lowest BCUT2D eigenvalue weighted by atomic mass is 9.82. The fourth-order valence-electron chi connectivity index (χ4n) is 3.67. The van der Waals surface area contributed by atoms with Gasteiger partial charge < -0.3 is 35.0 Å². The Labute approximate surface area is 200 Å². The van der Waals surface area contributed by atoms with Crippen LogP contribution in [0.4, 0.5) is 0 Å². The number of hydrogen-bond donors (Lipinski definition) is 5. The molecule has 0 aromatic heterocycles. The standard InChI is InChI=1S/C25H24O10/c26-18-7-3-15(12-20(18)28)5-9-22(30)34-17-2-1-11-25(14-17,24(32)33)35-23(31)10-6-16-4-8-19(27)21(29)13-16/h3-10,12-13,17,26-29H,1-2,11,14H2,(H,32,33)/b9-5+,10-6+/t17-,25-/m0/s1. The summed E-state index contributed by atoms with van der Waals surface area (Å²) in [5.74, 6) is -4.40. The van der Waals surface area contributed by atoms with E-state index in [0.29, 0.717) is 24.0 Å². The number of esters is 2. The molecule has 2 aromatic carbocycles. The van der Waals surface area contributed by atoms with Crippen molar-refractivity contribution in [1.29, 1.82) is 0 Å². The molecule has 0 heterocycles. The Bertz CT molecular complexity index is 1180. The maximum absolute atomic E-state index is 12.3. The van der Waals surface area contributed by atoms with Crippen LogP contribution < -0.4 is 0 Å². The topological polar surface area (TPSA) is 171 Å². The van der Waals surface area contributed by atoms with Crippen LogP contribution in [0, 0.1) is 0 Å². The summed E-state index contributed by atoms with van der Waals surface area (Å²) in [4.78, 5) is 36.6. The fourth-order valence-corrected chi connectivity index (χ4v) is 3.67. The van der Waals surface area contributed by atoms with Crippen LogP contribution in [0.1, 0.15) is 36.8 Å². The molecule has 5 N–H and O–H groups in total. The van der Waals surface area contributed by atoms with Gasteiger partial charge in [-0.2, -0.15) is 0 Å². The van der Waals surface area contributed by atoms with Crippen molar-refractivity contribution in [1.82, 2.24) is 0 Å². The largest absolute Gasteiger partial charge is 0.504 e. The lowest BCUT2D eigenvalue weighted by molar-refractivity contribution is -0.186. The van der Waals surface area contributed by atoms with Crippen molar-refractivity contribution < 1.29 is 49.4 Å². The molecular formula is C25H24O10. The lowest BCUT2D eigenvalue weighted by Gasteiger charge is -2.36. The monoisotopic (exact) mass is 484 g/mol. The molecule has 0 spiro atoms. The maximum Gasteiger partial charge on any atom is 0.348 e. The highest BCUT2D eigenvalue weighted by molar-refractivity contribution is 5.91. The average molecular weight is 484 g/mol. The predicted octanol–water partition coefficient (Wildman–Crippen LogP) is 3.09. The summed E-state index contributed by atoms with van der Waals surface area (Å²) in [6, 6.07) is 7.88. The molecule has 0 bridgehead atoms. The Hall–Kier alpha value is -4.47. The third-order valence-electron chi connectivity index (χ3n) is 5.46. The second-order valence-corrected chi connectivity index (χ2v) is 8.04. The first-order chi connectivity index (χ1) is 16.6. The number of carboxylic acids is 1. The highest BCUT2D eigenvalue weighted by Crippen LogP contribution is 2.34. The Balaban J connectivity index is 1.63. The van der Waals surface area contributed by atoms with Crippen molar-refractivity contribution in [2.24, 2.45) is 0 Å². The van der Waals surface area contributed by atoms with Crippen LogP contribution in [0.5, 0.6) is 23.0 Å². The molecule has 1 aliphatic rings. The van der Waals surface area contributed by atoms with Gasteiger partial charge in [0.1, 0.15) is 6.10 Å². The molecule has 0 amide bonds. The van der Waals surface area contributed by atoms with Gasteiger partial charge in [0.05, 0.1) is 0 Å². The number of phenols is 4. The van der Waals surface area contributed by atoms with Gasteiger partial charge in [0.15, 0.2) is 23.0 Å². The van der Waals surface area contributed by atoms with E-state index in [1.165, 1.54) is 48.6 Å². The molecule has 1 saturated carbocycles. The Kier molecular flexibility index (Phi) is 7.65. The first-order valence-corrected chi connectivity index (χ1v) is 10.6. The van der Waals surface area contributed by atoms with Gasteiger partial charge >= 0.3 is 17.9 Å². The van der Waals surface area contributed by atoms with Crippen molar-refractivity contribution in [2.75, 3.05) is 0 Å². The van der Waals surface area contributed by atoms with E-state index in [1.807, 2.05) is 0 Å². The second kappa shape index (κ2) is 10.6. The lowest BCUT2D eigenvalue weighted by Crippen LogP contribution is -2.49. The number of carboxylic acid groups (broad SMARTS) is 1. The summed E-state index contributed by atoms with van der Waals surface area (Å²) in [6.07, 6.45) is 4.48. The van der Waals surface area contributed by atoms with Crippen LogP contribution in [-0.2, 0) is 23.9 Å². The molecule has 10 nitrogen and oxygen atoms in total. The van der Waals surface area contributed by atoms with E-state index < -0.39 is 29.6 Å². The zero-order chi connectivity index (χ0) is 25.6. The van der Waals surface area contributed by atoms with E-state index in [2.05, 4.69) is 0 Å². The summed E-state index contributed by atoms with van der Waals surface area (Å²) in [6.45, 7) is 0.